The number of rotatable bonds is 4. The van der Waals surface area contributed by atoms with E-state index in [-0.39, 0.29) is 17.8 Å². The standard InChI is InChI=1S/C18H23FN2O/c1-10-7-14(19)13-9-16(20-15(13)8-10)18(22)21-17(12-5-6-12)11-3-2-4-11/h7-8,11-12,16-17,20H,2-6,9H2,1H3,(H,21,22). The Labute approximate surface area is 130 Å². The van der Waals surface area contributed by atoms with E-state index >= 15 is 0 Å². The van der Waals surface area contributed by atoms with Gasteiger partial charge in [0, 0.05) is 23.7 Å². The van der Waals surface area contributed by atoms with Gasteiger partial charge in [0.05, 0.1) is 0 Å². The molecular formula is C18H23FN2O. The number of nitrogens with one attached hydrogen (secondary N) is 2. The molecule has 0 radical (unpaired) electrons. The second-order valence-electron chi connectivity index (χ2n) is 7.24. The molecule has 1 aromatic rings. The summed E-state index contributed by atoms with van der Waals surface area (Å²) in [7, 11) is 0. The number of benzene rings is 1. The summed E-state index contributed by atoms with van der Waals surface area (Å²) in [5.74, 6) is 1.18. The number of aryl methyl sites for hydroxylation is 1. The Bertz CT molecular complexity index is 607. The van der Waals surface area contributed by atoms with Crippen LogP contribution in [0.3, 0.4) is 0 Å². The lowest BCUT2D eigenvalue weighted by Gasteiger charge is -2.35. The van der Waals surface area contributed by atoms with Gasteiger partial charge in [-0.2, -0.15) is 0 Å². The molecule has 2 unspecified atom stereocenters. The zero-order valence-corrected chi connectivity index (χ0v) is 13.0. The molecule has 3 aliphatic rings. The van der Waals surface area contributed by atoms with Crippen molar-refractivity contribution in [2.75, 3.05) is 5.32 Å². The minimum Gasteiger partial charge on any atom is -0.373 e. The van der Waals surface area contributed by atoms with Gasteiger partial charge in [-0.3, -0.25) is 4.79 Å². The van der Waals surface area contributed by atoms with Gasteiger partial charge in [0.1, 0.15) is 11.9 Å². The highest BCUT2D eigenvalue weighted by molar-refractivity contribution is 5.87. The van der Waals surface area contributed by atoms with E-state index in [4.69, 9.17) is 0 Å². The molecule has 0 saturated heterocycles. The van der Waals surface area contributed by atoms with Gasteiger partial charge in [-0.15, -0.1) is 0 Å². The summed E-state index contributed by atoms with van der Waals surface area (Å²) in [4.78, 5) is 12.6. The highest BCUT2D eigenvalue weighted by Gasteiger charge is 2.41. The molecule has 1 heterocycles. The van der Waals surface area contributed by atoms with Crippen LogP contribution in [0.5, 0.6) is 0 Å². The van der Waals surface area contributed by atoms with Crippen LogP contribution in [-0.2, 0) is 11.2 Å². The maximum Gasteiger partial charge on any atom is 0.243 e. The number of carbonyl (C=O) groups excluding carboxylic acids is 1. The van der Waals surface area contributed by atoms with Crippen LogP contribution in [-0.4, -0.2) is 18.0 Å². The van der Waals surface area contributed by atoms with Crippen molar-refractivity contribution in [3.8, 4) is 0 Å². The van der Waals surface area contributed by atoms with E-state index in [0.717, 1.165) is 11.3 Å². The first-order chi connectivity index (χ1) is 10.6. The van der Waals surface area contributed by atoms with Crippen molar-refractivity contribution in [1.29, 1.82) is 0 Å². The third-order valence-electron chi connectivity index (χ3n) is 5.49. The van der Waals surface area contributed by atoms with E-state index in [2.05, 4.69) is 10.6 Å². The quantitative estimate of drug-likeness (QED) is 0.897. The van der Waals surface area contributed by atoms with Gasteiger partial charge in [-0.1, -0.05) is 6.42 Å². The summed E-state index contributed by atoms with van der Waals surface area (Å²) < 4.78 is 14.0. The van der Waals surface area contributed by atoms with Gasteiger partial charge in [0.15, 0.2) is 0 Å². The van der Waals surface area contributed by atoms with Crippen LogP contribution in [0.25, 0.3) is 0 Å². The fourth-order valence-electron chi connectivity index (χ4n) is 3.85. The van der Waals surface area contributed by atoms with Crippen LogP contribution in [0.2, 0.25) is 0 Å². The normalized spacial score (nSPS) is 25.1. The minimum absolute atomic E-state index is 0.0389. The van der Waals surface area contributed by atoms with Crippen molar-refractivity contribution in [3.05, 3.63) is 29.1 Å². The first kappa shape index (κ1) is 14.0. The van der Waals surface area contributed by atoms with Gasteiger partial charge >= 0.3 is 0 Å². The van der Waals surface area contributed by atoms with Gasteiger partial charge in [0.2, 0.25) is 5.91 Å². The average Bonchev–Trinajstić information content (AvgIpc) is 3.15. The third kappa shape index (κ3) is 2.49. The second-order valence-corrected chi connectivity index (χ2v) is 7.24. The number of carbonyl (C=O) groups is 1. The molecule has 2 fully saturated rings. The Morgan fingerprint density at radius 1 is 1.27 bits per heavy atom. The number of amides is 1. The van der Waals surface area contributed by atoms with E-state index in [0.29, 0.717) is 29.9 Å². The number of hydrogen-bond donors (Lipinski definition) is 2. The average molecular weight is 302 g/mol. The number of fused-ring (bicyclic) bond motifs is 1. The molecule has 1 aliphatic heterocycles. The molecule has 22 heavy (non-hydrogen) atoms. The fourth-order valence-corrected chi connectivity index (χ4v) is 3.85. The second kappa shape index (κ2) is 5.25. The minimum atomic E-state index is -0.326. The van der Waals surface area contributed by atoms with Gasteiger partial charge < -0.3 is 10.6 Å². The maximum absolute atomic E-state index is 14.0. The first-order valence-corrected chi connectivity index (χ1v) is 8.48. The van der Waals surface area contributed by atoms with E-state index in [9.17, 15) is 9.18 Å². The molecule has 2 saturated carbocycles. The van der Waals surface area contributed by atoms with Crippen molar-refractivity contribution in [2.45, 2.75) is 57.5 Å². The van der Waals surface area contributed by atoms with Crippen molar-refractivity contribution >= 4 is 11.6 Å². The molecular weight excluding hydrogens is 279 g/mol. The predicted octanol–water partition coefficient (Wildman–Crippen LogP) is 3.17. The van der Waals surface area contributed by atoms with Crippen molar-refractivity contribution < 1.29 is 9.18 Å². The number of halogens is 1. The van der Waals surface area contributed by atoms with Gasteiger partial charge in [0.25, 0.3) is 0 Å². The SMILES string of the molecule is Cc1cc(F)c2c(c1)NC(C(=O)NC(C1CCC1)C1CC1)C2. The predicted molar refractivity (Wildman–Crippen MR) is 84.2 cm³/mol. The summed E-state index contributed by atoms with van der Waals surface area (Å²) in [5, 5.41) is 6.47. The molecule has 2 atom stereocenters. The van der Waals surface area contributed by atoms with E-state index < -0.39 is 0 Å². The lowest BCUT2D eigenvalue weighted by atomic mass is 9.78. The largest absolute Gasteiger partial charge is 0.373 e. The highest BCUT2D eigenvalue weighted by Crippen LogP contribution is 2.42. The molecule has 0 aromatic heterocycles. The van der Waals surface area contributed by atoms with E-state index in [1.807, 2.05) is 13.0 Å². The van der Waals surface area contributed by atoms with Crippen LogP contribution in [0, 0.1) is 24.6 Å². The topological polar surface area (TPSA) is 41.1 Å². The van der Waals surface area contributed by atoms with Gasteiger partial charge in [-0.25, -0.2) is 4.39 Å². The van der Waals surface area contributed by atoms with Crippen LogP contribution in [0.4, 0.5) is 10.1 Å². The number of anilines is 1. The van der Waals surface area contributed by atoms with Gasteiger partial charge in [-0.05, 0) is 62.1 Å². The van der Waals surface area contributed by atoms with E-state index in [1.165, 1.54) is 32.1 Å². The monoisotopic (exact) mass is 302 g/mol. The summed E-state index contributed by atoms with van der Waals surface area (Å²) in [6, 6.07) is 3.49. The summed E-state index contributed by atoms with van der Waals surface area (Å²) in [6.45, 7) is 1.87. The smallest absolute Gasteiger partial charge is 0.243 e. The Morgan fingerprint density at radius 2 is 2.00 bits per heavy atom. The molecule has 1 amide bonds. The molecule has 2 N–H and O–H groups in total. The summed E-state index contributed by atoms with van der Waals surface area (Å²) in [6.07, 6.45) is 6.72. The molecule has 2 aliphatic carbocycles. The van der Waals surface area contributed by atoms with Crippen LogP contribution >= 0.6 is 0 Å². The van der Waals surface area contributed by atoms with Crippen LogP contribution in [0.15, 0.2) is 12.1 Å². The molecule has 3 nitrogen and oxygen atoms in total. The van der Waals surface area contributed by atoms with Crippen molar-refractivity contribution in [3.63, 3.8) is 0 Å². The molecule has 0 bridgehead atoms. The lowest BCUT2D eigenvalue weighted by molar-refractivity contribution is -0.123. The fraction of sp³-hybridized carbons (Fsp3) is 0.611. The zero-order chi connectivity index (χ0) is 15.3. The Balaban J connectivity index is 1.44. The van der Waals surface area contributed by atoms with E-state index in [1.54, 1.807) is 6.07 Å². The number of hydrogen-bond acceptors (Lipinski definition) is 2. The van der Waals surface area contributed by atoms with Crippen molar-refractivity contribution in [1.82, 2.24) is 5.32 Å². The summed E-state index contributed by atoms with van der Waals surface area (Å²) >= 11 is 0. The summed E-state index contributed by atoms with van der Waals surface area (Å²) in [5.41, 5.74) is 2.32. The molecule has 118 valence electrons. The lowest BCUT2D eigenvalue weighted by Crippen LogP contribution is -2.49. The van der Waals surface area contributed by atoms with Crippen LogP contribution < -0.4 is 10.6 Å². The molecule has 4 rings (SSSR count). The zero-order valence-electron chi connectivity index (χ0n) is 13.0. The highest BCUT2D eigenvalue weighted by atomic mass is 19.1. The molecule has 4 heteroatoms. The molecule has 0 spiro atoms. The third-order valence-corrected chi connectivity index (χ3v) is 5.49. The Hall–Kier alpha value is -1.58. The maximum atomic E-state index is 14.0. The Kier molecular flexibility index (Phi) is 3.35. The first-order valence-electron chi connectivity index (χ1n) is 8.48. The van der Waals surface area contributed by atoms with Crippen LogP contribution in [0.1, 0.15) is 43.2 Å². The molecule has 1 aromatic carbocycles. The van der Waals surface area contributed by atoms with Crippen molar-refractivity contribution in [2.24, 2.45) is 11.8 Å². The Morgan fingerprint density at radius 3 is 2.64 bits per heavy atom.